The Kier molecular flexibility index (Phi) is 3.94. The number of nitrogens with one attached hydrogen (secondary N) is 1. The van der Waals surface area contributed by atoms with E-state index in [2.05, 4.69) is 5.32 Å². The summed E-state index contributed by atoms with van der Waals surface area (Å²) in [6, 6.07) is 0. The molecule has 0 aromatic heterocycles. The summed E-state index contributed by atoms with van der Waals surface area (Å²) in [6.45, 7) is 5.37. The third kappa shape index (κ3) is 2.91. The Morgan fingerprint density at radius 3 is 2.25 bits per heavy atom. The zero-order chi connectivity index (χ0) is 12.6. The van der Waals surface area contributed by atoms with E-state index in [0.717, 1.165) is 0 Å². The minimum atomic E-state index is -2.07. The second-order valence-corrected chi connectivity index (χ2v) is 5.23. The van der Waals surface area contributed by atoms with Gasteiger partial charge in [0.1, 0.15) is 18.3 Å². The molecule has 0 radical (unpaired) electrons. The van der Waals surface area contributed by atoms with Gasteiger partial charge in [0.25, 0.3) is 0 Å². The first kappa shape index (κ1) is 13.8. The molecule has 4 atom stereocenters. The fourth-order valence-electron chi connectivity index (χ4n) is 1.57. The fraction of sp³-hybridized carbons (Fsp3) is 1.00. The van der Waals surface area contributed by atoms with Gasteiger partial charge in [0.05, 0.1) is 6.61 Å². The molecule has 0 bridgehead atoms. The van der Waals surface area contributed by atoms with Crippen LogP contribution in [0.25, 0.3) is 0 Å². The van der Waals surface area contributed by atoms with Crippen molar-refractivity contribution in [1.82, 2.24) is 5.32 Å². The molecular formula is C10H21NO5. The molecule has 1 aliphatic rings. The summed E-state index contributed by atoms with van der Waals surface area (Å²) in [5.41, 5.74) is -0.159. The molecular weight excluding hydrogens is 214 g/mol. The smallest absolute Gasteiger partial charge is 0.219 e. The van der Waals surface area contributed by atoms with Crippen LogP contribution in [0.15, 0.2) is 0 Å². The van der Waals surface area contributed by atoms with E-state index in [1.54, 1.807) is 0 Å². The molecule has 5 N–H and O–H groups in total. The molecule has 0 aromatic rings. The van der Waals surface area contributed by atoms with Gasteiger partial charge in [-0.2, -0.15) is 0 Å². The van der Waals surface area contributed by atoms with Crippen molar-refractivity contribution in [2.24, 2.45) is 0 Å². The number of rotatable bonds is 3. The minimum absolute atomic E-state index is 0.159. The first-order chi connectivity index (χ1) is 7.19. The van der Waals surface area contributed by atoms with Crippen molar-refractivity contribution in [2.45, 2.75) is 50.4 Å². The molecule has 1 aliphatic heterocycles. The molecule has 0 aromatic carbocycles. The van der Waals surface area contributed by atoms with Gasteiger partial charge in [-0.25, -0.2) is 0 Å². The molecule has 1 heterocycles. The molecule has 1 rings (SSSR count). The number of aliphatic hydroxyl groups is 4. The van der Waals surface area contributed by atoms with E-state index in [4.69, 9.17) is 9.84 Å². The van der Waals surface area contributed by atoms with Crippen molar-refractivity contribution < 1.29 is 25.2 Å². The Morgan fingerprint density at radius 2 is 1.88 bits per heavy atom. The predicted octanol–water partition coefficient (Wildman–Crippen LogP) is -1.82. The molecule has 1 fully saturated rings. The standard InChI is InChI=1S/C10H21NO5/c1-9(2,3)11-4-6-7(13)8(14)10(15,5-12)16-6/h6-8,11-15H,4-5H2,1-3H3/t6-,7+,8-,10+/m0/s1. The highest BCUT2D eigenvalue weighted by molar-refractivity contribution is 4.96. The molecule has 0 amide bonds. The minimum Gasteiger partial charge on any atom is -0.391 e. The molecule has 0 saturated carbocycles. The van der Waals surface area contributed by atoms with Gasteiger partial charge in [0.2, 0.25) is 5.79 Å². The third-order valence-corrected chi connectivity index (χ3v) is 2.58. The van der Waals surface area contributed by atoms with Gasteiger partial charge >= 0.3 is 0 Å². The monoisotopic (exact) mass is 235 g/mol. The van der Waals surface area contributed by atoms with E-state index in [1.165, 1.54) is 0 Å². The highest BCUT2D eigenvalue weighted by atomic mass is 16.7. The summed E-state index contributed by atoms with van der Waals surface area (Å²) in [5.74, 6) is -2.07. The maximum atomic E-state index is 9.63. The Morgan fingerprint density at radius 1 is 1.31 bits per heavy atom. The SMILES string of the molecule is CC(C)(C)NC[C@@H]1O[C@](O)(CO)[C@@H](O)[C@@H]1O. The van der Waals surface area contributed by atoms with Gasteiger partial charge in [-0.15, -0.1) is 0 Å². The lowest BCUT2D eigenvalue weighted by Gasteiger charge is -2.25. The first-order valence-electron chi connectivity index (χ1n) is 5.32. The van der Waals surface area contributed by atoms with E-state index in [0.29, 0.717) is 0 Å². The number of ether oxygens (including phenoxy) is 1. The van der Waals surface area contributed by atoms with Crippen LogP contribution < -0.4 is 5.32 Å². The third-order valence-electron chi connectivity index (χ3n) is 2.58. The van der Waals surface area contributed by atoms with Crippen LogP contribution in [-0.2, 0) is 4.74 Å². The Bertz CT molecular complexity index is 242. The summed E-state index contributed by atoms with van der Waals surface area (Å²) in [5, 5.41) is 40.7. The van der Waals surface area contributed by atoms with Crippen LogP contribution in [0.1, 0.15) is 20.8 Å². The predicted molar refractivity (Wildman–Crippen MR) is 56.7 cm³/mol. The zero-order valence-corrected chi connectivity index (χ0v) is 9.84. The second kappa shape index (κ2) is 4.56. The fourth-order valence-corrected chi connectivity index (χ4v) is 1.57. The van der Waals surface area contributed by atoms with Crippen molar-refractivity contribution in [2.75, 3.05) is 13.2 Å². The summed E-state index contributed by atoms with van der Waals surface area (Å²) in [6.07, 6.45) is -3.46. The Labute approximate surface area is 94.9 Å². The lowest BCUT2D eigenvalue weighted by molar-refractivity contribution is -0.245. The van der Waals surface area contributed by atoms with Gasteiger partial charge in [0, 0.05) is 12.1 Å². The van der Waals surface area contributed by atoms with E-state index in [9.17, 15) is 15.3 Å². The van der Waals surface area contributed by atoms with Crippen LogP contribution in [-0.4, -0.2) is 63.2 Å². The van der Waals surface area contributed by atoms with Crippen molar-refractivity contribution in [3.8, 4) is 0 Å². The summed E-state index contributed by atoms with van der Waals surface area (Å²) >= 11 is 0. The average molecular weight is 235 g/mol. The summed E-state index contributed by atoms with van der Waals surface area (Å²) < 4.78 is 5.06. The van der Waals surface area contributed by atoms with Gasteiger partial charge in [-0.3, -0.25) is 0 Å². The van der Waals surface area contributed by atoms with E-state index < -0.39 is 30.7 Å². The lowest BCUT2D eigenvalue weighted by Crippen LogP contribution is -2.46. The maximum absolute atomic E-state index is 9.63. The van der Waals surface area contributed by atoms with Crippen LogP contribution >= 0.6 is 0 Å². The van der Waals surface area contributed by atoms with Gasteiger partial charge in [-0.1, -0.05) is 0 Å². The molecule has 96 valence electrons. The van der Waals surface area contributed by atoms with Crippen LogP contribution in [0.3, 0.4) is 0 Å². The zero-order valence-electron chi connectivity index (χ0n) is 9.84. The topological polar surface area (TPSA) is 102 Å². The highest BCUT2D eigenvalue weighted by Gasteiger charge is 2.52. The highest BCUT2D eigenvalue weighted by Crippen LogP contribution is 2.28. The van der Waals surface area contributed by atoms with Crippen molar-refractivity contribution in [3.05, 3.63) is 0 Å². The molecule has 16 heavy (non-hydrogen) atoms. The van der Waals surface area contributed by atoms with Crippen LogP contribution in [0.2, 0.25) is 0 Å². The molecule has 0 unspecified atom stereocenters. The molecule has 6 nitrogen and oxygen atoms in total. The van der Waals surface area contributed by atoms with Crippen molar-refractivity contribution >= 4 is 0 Å². The maximum Gasteiger partial charge on any atom is 0.219 e. The van der Waals surface area contributed by atoms with E-state index in [-0.39, 0.29) is 12.1 Å². The van der Waals surface area contributed by atoms with Crippen molar-refractivity contribution in [3.63, 3.8) is 0 Å². The van der Waals surface area contributed by atoms with Crippen LogP contribution in [0, 0.1) is 0 Å². The van der Waals surface area contributed by atoms with Gasteiger partial charge in [-0.05, 0) is 20.8 Å². The summed E-state index contributed by atoms with van der Waals surface area (Å²) in [4.78, 5) is 0. The summed E-state index contributed by atoms with van der Waals surface area (Å²) in [7, 11) is 0. The van der Waals surface area contributed by atoms with E-state index >= 15 is 0 Å². The average Bonchev–Trinajstić information content (AvgIpc) is 2.40. The van der Waals surface area contributed by atoms with E-state index in [1.807, 2.05) is 20.8 Å². The number of hydrogen-bond acceptors (Lipinski definition) is 6. The molecule has 6 heteroatoms. The van der Waals surface area contributed by atoms with Crippen LogP contribution in [0.5, 0.6) is 0 Å². The quantitative estimate of drug-likeness (QED) is 0.394. The second-order valence-electron chi connectivity index (χ2n) is 5.23. The van der Waals surface area contributed by atoms with Crippen LogP contribution in [0.4, 0.5) is 0 Å². The Hall–Kier alpha value is -0.240. The largest absolute Gasteiger partial charge is 0.391 e. The van der Waals surface area contributed by atoms with Gasteiger partial charge in [0.15, 0.2) is 0 Å². The van der Waals surface area contributed by atoms with Gasteiger partial charge < -0.3 is 30.5 Å². The number of hydrogen-bond donors (Lipinski definition) is 5. The molecule has 1 saturated heterocycles. The van der Waals surface area contributed by atoms with Crippen molar-refractivity contribution in [1.29, 1.82) is 0 Å². The molecule has 0 spiro atoms. The number of aliphatic hydroxyl groups excluding tert-OH is 3. The Balaban J connectivity index is 2.58. The molecule has 0 aliphatic carbocycles. The first-order valence-corrected chi connectivity index (χ1v) is 5.32. The normalized spacial score (nSPS) is 40.3. The lowest BCUT2D eigenvalue weighted by atomic mass is 10.0.